The number of imide groups is 1. The van der Waals surface area contributed by atoms with Crippen LogP contribution in [0.4, 0.5) is 10.6 Å². The molecule has 8 heteroatoms. The van der Waals surface area contributed by atoms with Gasteiger partial charge in [-0.25, -0.2) is 9.78 Å². The first-order valence-electron chi connectivity index (χ1n) is 8.04. The molecule has 0 aromatic carbocycles. The topological polar surface area (TPSA) is 101 Å². The highest BCUT2D eigenvalue weighted by atomic mass is 16.2. The zero-order valence-electron chi connectivity index (χ0n) is 13.8. The molecule has 1 aliphatic heterocycles. The lowest BCUT2D eigenvalue weighted by Gasteiger charge is -2.23. The van der Waals surface area contributed by atoms with Crippen LogP contribution in [0.15, 0.2) is 18.3 Å². The van der Waals surface area contributed by atoms with Gasteiger partial charge in [-0.2, -0.15) is 5.26 Å². The minimum atomic E-state index is -0.467. The van der Waals surface area contributed by atoms with Crippen molar-refractivity contribution in [2.24, 2.45) is 0 Å². The second-order valence-electron chi connectivity index (χ2n) is 5.51. The van der Waals surface area contributed by atoms with E-state index in [-0.39, 0.29) is 12.5 Å². The van der Waals surface area contributed by atoms with Gasteiger partial charge in [-0.3, -0.25) is 15.0 Å². The fourth-order valence-electron chi connectivity index (χ4n) is 2.65. The van der Waals surface area contributed by atoms with E-state index in [0.717, 1.165) is 19.5 Å². The molecule has 0 atom stereocenters. The zero-order valence-corrected chi connectivity index (χ0v) is 13.8. The maximum absolute atomic E-state index is 11.9. The van der Waals surface area contributed by atoms with Crippen LogP contribution in [-0.2, 0) is 4.79 Å². The third kappa shape index (κ3) is 4.93. The third-order valence-corrected chi connectivity index (χ3v) is 3.75. The van der Waals surface area contributed by atoms with Crippen LogP contribution in [0, 0.1) is 11.3 Å². The standard InChI is InChI=1S/C16H22N6O2/c1-2-18-16(24)20-14(23)12-21-7-4-8-22(10-9-21)15-13(11-17)5-3-6-19-15/h3,5-6H,2,4,7-10,12H2,1H3,(H2,18,20,23,24). The Kier molecular flexibility index (Phi) is 6.51. The summed E-state index contributed by atoms with van der Waals surface area (Å²) in [6.07, 6.45) is 2.54. The van der Waals surface area contributed by atoms with Gasteiger partial charge >= 0.3 is 6.03 Å². The molecule has 0 spiro atoms. The quantitative estimate of drug-likeness (QED) is 0.824. The second kappa shape index (κ2) is 8.84. The van der Waals surface area contributed by atoms with Gasteiger partial charge in [-0.05, 0) is 25.5 Å². The first-order chi connectivity index (χ1) is 11.6. The van der Waals surface area contributed by atoms with Crippen molar-refractivity contribution >= 4 is 17.8 Å². The van der Waals surface area contributed by atoms with Crippen LogP contribution in [0.2, 0.25) is 0 Å². The van der Waals surface area contributed by atoms with E-state index in [9.17, 15) is 14.9 Å². The van der Waals surface area contributed by atoms with Crippen LogP contribution in [-0.4, -0.2) is 61.1 Å². The lowest BCUT2D eigenvalue weighted by Crippen LogP contribution is -2.45. The lowest BCUT2D eigenvalue weighted by atomic mass is 10.2. The lowest BCUT2D eigenvalue weighted by molar-refractivity contribution is -0.121. The molecular weight excluding hydrogens is 308 g/mol. The van der Waals surface area contributed by atoms with Gasteiger partial charge in [0.15, 0.2) is 0 Å². The van der Waals surface area contributed by atoms with Crippen LogP contribution in [0.3, 0.4) is 0 Å². The van der Waals surface area contributed by atoms with E-state index in [0.29, 0.717) is 31.0 Å². The summed E-state index contributed by atoms with van der Waals surface area (Å²) >= 11 is 0. The van der Waals surface area contributed by atoms with E-state index in [1.807, 2.05) is 4.90 Å². The van der Waals surface area contributed by atoms with Crippen molar-refractivity contribution in [2.45, 2.75) is 13.3 Å². The molecule has 0 aliphatic carbocycles. The number of hydrogen-bond donors (Lipinski definition) is 2. The van der Waals surface area contributed by atoms with Gasteiger partial charge in [-0.15, -0.1) is 0 Å². The molecule has 1 aromatic heterocycles. The minimum absolute atomic E-state index is 0.179. The third-order valence-electron chi connectivity index (χ3n) is 3.75. The van der Waals surface area contributed by atoms with Crippen molar-refractivity contribution in [3.63, 3.8) is 0 Å². The average molecular weight is 330 g/mol. The summed E-state index contributed by atoms with van der Waals surface area (Å²) in [5.74, 6) is 0.374. The second-order valence-corrected chi connectivity index (χ2v) is 5.51. The van der Waals surface area contributed by atoms with Crippen LogP contribution >= 0.6 is 0 Å². The Morgan fingerprint density at radius 2 is 2.17 bits per heavy atom. The SMILES string of the molecule is CCNC(=O)NC(=O)CN1CCCN(c2ncccc2C#N)CC1. The Labute approximate surface area is 141 Å². The van der Waals surface area contributed by atoms with E-state index in [1.54, 1.807) is 25.3 Å². The number of anilines is 1. The number of carbonyl (C=O) groups is 2. The van der Waals surface area contributed by atoms with Crippen molar-refractivity contribution in [1.29, 1.82) is 5.26 Å². The predicted octanol–water partition coefficient (Wildman–Crippen LogP) is 0.311. The summed E-state index contributed by atoms with van der Waals surface area (Å²) in [6.45, 7) is 5.33. The molecule has 0 radical (unpaired) electrons. The maximum atomic E-state index is 11.9. The van der Waals surface area contributed by atoms with Gasteiger partial charge in [-0.1, -0.05) is 0 Å². The highest BCUT2D eigenvalue weighted by Gasteiger charge is 2.20. The minimum Gasteiger partial charge on any atom is -0.354 e. The molecule has 1 saturated heterocycles. The molecule has 128 valence electrons. The monoisotopic (exact) mass is 330 g/mol. The molecule has 0 saturated carbocycles. The van der Waals surface area contributed by atoms with Crippen molar-refractivity contribution in [2.75, 3.05) is 44.2 Å². The first kappa shape index (κ1) is 17.7. The maximum Gasteiger partial charge on any atom is 0.321 e. The van der Waals surface area contributed by atoms with Crippen molar-refractivity contribution < 1.29 is 9.59 Å². The number of pyridine rings is 1. The summed E-state index contributed by atoms with van der Waals surface area (Å²) in [7, 11) is 0. The van der Waals surface area contributed by atoms with E-state index >= 15 is 0 Å². The van der Waals surface area contributed by atoms with Gasteiger partial charge in [0.25, 0.3) is 0 Å². The number of rotatable bonds is 4. The molecule has 0 bridgehead atoms. The van der Waals surface area contributed by atoms with Crippen molar-refractivity contribution in [3.05, 3.63) is 23.9 Å². The fraction of sp³-hybridized carbons (Fsp3) is 0.500. The number of urea groups is 1. The number of amides is 3. The normalized spacial score (nSPS) is 15.2. The van der Waals surface area contributed by atoms with Crippen molar-refractivity contribution in [1.82, 2.24) is 20.5 Å². The molecule has 1 aliphatic rings. The molecule has 8 nitrogen and oxygen atoms in total. The molecule has 1 aromatic rings. The Morgan fingerprint density at radius 1 is 1.33 bits per heavy atom. The molecule has 1 fully saturated rings. The summed E-state index contributed by atoms with van der Waals surface area (Å²) in [4.78, 5) is 31.6. The van der Waals surface area contributed by atoms with Crippen molar-refractivity contribution in [3.8, 4) is 6.07 Å². The Morgan fingerprint density at radius 3 is 2.92 bits per heavy atom. The highest BCUT2D eigenvalue weighted by molar-refractivity contribution is 5.95. The van der Waals surface area contributed by atoms with E-state index in [2.05, 4.69) is 26.6 Å². The number of hydrogen-bond acceptors (Lipinski definition) is 6. The predicted molar refractivity (Wildman–Crippen MR) is 89.4 cm³/mol. The van der Waals surface area contributed by atoms with Gasteiger partial charge in [0.05, 0.1) is 12.1 Å². The number of nitrogens with zero attached hydrogens (tertiary/aromatic N) is 4. The Balaban J connectivity index is 1.90. The molecule has 2 N–H and O–H groups in total. The van der Waals surface area contributed by atoms with Gasteiger partial charge < -0.3 is 10.2 Å². The molecule has 2 heterocycles. The summed E-state index contributed by atoms with van der Waals surface area (Å²) in [6, 6.07) is 5.20. The van der Waals surface area contributed by atoms with Crippen LogP contribution in [0.25, 0.3) is 0 Å². The average Bonchev–Trinajstić information content (AvgIpc) is 2.80. The molecule has 24 heavy (non-hydrogen) atoms. The summed E-state index contributed by atoms with van der Waals surface area (Å²) < 4.78 is 0. The fourth-order valence-corrected chi connectivity index (χ4v) is 2.65. The smallest absolute Gasteiger partial charge is 0.321 e. The van der Waals surface area contributed by atoms with Gasteiger partial charge in [0.1, 0.15) is 11.9 Å². The van der Waals surface area contributed by atoms with Crippen LogP contribution in [0.5, 0.6) is 0 Å². The van der Waals surface area contributed by atoms with Crippen LogP contribution < -0.4 is 15.5 Å². The van der Waals surface area contributed by atoms with E-state index in [1.165, 1.54) is 0 Å². The molecule has 2 rings (SSSR count). The van der Waals surface area contributed by atoms with Gasteiger partial charge in [0, 0.05) is 38.9 Å². The number of nitrogens with one attached hydrogen (secondary N) is 2. The Hall–Kier alpha value is -2.66. The summed E-state index contributed by atoms with van der Waals surface area (Å²) in [5.41, 5.74) is 0.555. The molecular formula is C16H22N6O2. The largest absolute Gasteiger partial charge is 0.354 e. The molecule has 3 amide bonds. The highest BCUT2D eigenvalue weighted by Crippen LogP contribution is 2.18. The first-order valence-corrected chi connectivity index (χ1v) is 8.04. The van der Waals surface area contributed by atoms with E-state index in [4.69, 9.17) is 0 Å². The van der Waals surface area contributed by atoms with Gasteiger partial charge in [0.2, 0.25) is 5.91 Å². The van der Waals surface area contributed by atoms with Crippen LogP contribution in [0.1, 0.15) is 18.9 Å². The Bertz CT molecular complexity index is 627. The number of aromatic nitrogens is 1. The van der Waals surface area contributed by atoms with E-state index < -0.39 is 6.03 Å². The molecule has 0 unspecified atom stereocenters. The number of nitriles is 1. The summed E-state index contributed by atoms with van der Waals surface area (Å²) in [5, 5.41) is 14.0. The zero-order chi connectivity index (χ0) is 17.4. The number of carbonyl (C=O) groups excluding carboxylic acids is 2.